The Morgan fingerprint density at radius 1 is 1.50 bits per heavy atom. The van der Waals surface area contributed by atoms with Crippen molar-refractivity contribution in [2.75, 3.05) is 11.9 Å². The lowest BCUT2D eigenvalue weighted by Gasteiger charge is -2.14. The fourth-order valence-electron chi connectivity index (χ4n) is 1.54. The lowest BCUT2D eigenvalue weighted by molar-refractivity contribution is -0.386. The zero-order valence-electron chi connectivity index (χ0n) is 9.29. The van der Waals surface area contributed by atoms with Gasteiger partial charge in [-0.25, -0.2) is 0 Å². The number of ether oxygens (including phenoxy) is 1. The Kier molecular flexibility index (Phi) is 4.18. The van der Waals surface area contributed by atoms with E-state index in [1.807, 2.05) is 0 Å². The van der Waals surface area contributed by atoms with Crippen LogP contribution in [0.25, 0.3) is 0 Å². The second-order valence-electron chi connectivity index (χ2n) is 4.42. The van der Waals surface area contributed by atoms with Crippen LogP contribution in [0, 0.1) is 15.5 Å². The summed E-state index contributed by atoms with van der Waals surface area (Å²) in [7, 11) is 0. The number of nitrogens with zero attached hydrogens (tertiary/aromatic N) is 1. The summed E-state index contributed by atoms with van der Waals surface area (Å²) in [6.45, 7) is 0.472. The molecule has 1 aromatic carbocycles. The van der Waals surface area contributed by atoms with Crippen LogP contribution in [0.4, 0.5) is 5.69 Å². The Labute approximate surface area is 126 Å². The predicted molar refractivity (Wildman–Crippen MR) is 76.8 cm³/mol. The van der Waals surface area contributed by atoms with Crippen molar-refractivity contribution >= 4 is 49.1 Å². The first-order valence-electron chi connectivity index (χ1n) is 5.30. The van der Waals surface area contributed by atoms with Gasteiger partial charge in [-0.2, -0.15) is 0 Å². The highest BCUT2D eigenvalue weighted by molar-refractivity contribution is 9.10. The second-order valence-corrected chi connectivity index (χ2v) is 6.27. The number of benzene rings is 1. The van der Waals surface area contributed by atoms with Gasteiger partial charge in [-0.1, -0.05) is 27.5 Å². The molecule has 1 aliphatic rings. The summed E-state index contributed by atoms with van der Waals surface area (Å²) < 4.78 is 6.13. The molecule has 0 bridgehead atoms. The first kappa shape index (κ1) is 14.1. The van der Waals surface area contributed by atoms with E-state index in [2.05, 4.69) is 31.9 Å². The van der Waals surface area contributed by atoms with Gasteiger partial charge >= 0.3 is 5.69 Å². The maximum absolute atomic E-state index is 11.0. The molecule has 1 fully saturated rings. The molecule has 0 N–H and O–H groups in total. The summed E-state index contributed by atoms with van der Waals surface area (Å²) in [5.41, 5.74) is 0.0205. The fourth-order valence-corrected chi connectivity index (χ4v) is 3.17. The molecule has 7 heteroatoms. The molecule has 4 nitrogen and oxygen atoms in total. The van der Waals surface area contributed by atoms with Crippen molar-refractivity contribution in [3.63, 3.8) is 0 Å². The highest BCUT2D eigenvalue weighted by Crippen LogP contribution is 2.48. The Morgan fingerprint density at radius 3 is 2.67 bits per heavy atom. The van der Waals surface area contributed by atoms with Crippen molar-refractivity contribution in [3.05, 3.63) is 31.7 Å². The van der Waals surface area contributed by atoms with E-state index in [1.54, 1.807) is 6.07 Å². The average molecular weight is 399 g/mol. The minimum Gasteiger partial charge on any atom is -0.485 e. The number of rotatable bonds is 5. The molecule has 98 valence electrons. The van der Waals surface area contributed by atoms with E-state index in [-0.39, 0.29) is 16.9 Å². The first-order chi connectivity index (χ1) is 8.47. The minimum absolute atomic E-state index is 0.111. The number of hydrogen-bond donors (Lipinski definition) is 0. The normalized spacial score (nSPS) is 16.4. The number of nitro benzene ring substituents is 1. The van der Waals surface area contributed by atoms with Gasteiger partial charge in [-0.05, 0) is 34.8 Å². The molecule has 0 unspecified atom stereocenters. The summed E-state index contributed by atoms with van der Waals surface area (Å²) >= 11 is 12.5. The Bertz CT molecular complexity index is 491. The van der Waals surface area contributed by atoms with Crippen LogP contribution in [-0.4, -0.2) is 16.9 Å². The molecule has 18 heavy (non-hydrogen) atoms. The van der Waals surface area contributed by atoms with Gasteiger partial charge in [0.2, 0.25) is 5.75 Å². The lowest BCUT2D eigenvalue weighted by atomic mass is 10.2. The molecule has 0 amide bonds. The van der Waals surface area contributed by atoms with Crippen molar-refractivity contribution in [1.29, 1.82) is 0 Å². The minimum atomic E-state index is -0.486. The van der Waals surface area contributed by atoms with Crippen LogP contribution in [0.15, 0.2) is 16.6 Å². The Morgan fingerprint density at radius 2 is 2.17 bits per heavy atom. The fraction of sp³-hybridized carbons (Fsp3) is 0.455. The predicted octanol–water partition coefficient (Wildman–Crippen LogP) is 4.56. The van der Waals surface area contributed by atoms with Crippen LogP contribution < -0.4 is 4.74 Å². The molecule has 0 radical (unpaired) electrons. The van der Waals surface area contributed by atoms with Crippen molar-refractivity contribution in [1.82, 2.24) is 0 Å². The van der Waals surface area contributed by atoms with Crippen LogP contribution in [0.1, 0.15) is 12.8 Å². The molecule has 0 aliphatic heterocycles. The second kappa shape index (κ2) is 5.35. The maximum Gasteiger partial charge on any atom is 0.313 e. The van der Waals surface area contributed by atoms with Gasteiger partial charge in [-0.15, -0.1) is 0 Å². The van der Waals surface area contributed by atoms with Crippen molar-refractivity contribution < 1.29 is 9.66 Å². The molecule has 1 aliphatic carbocycles. The van der Waals surface area contributed by atoms with Crippen molar-refractivity contribution in [3.8, 4) is 5.75 Å². The van der Waals surface area contributed by atoms with Gasteiger partial charge in [-0.3, -0.25) is 10.1 Å². The van der Waals surface area contributed by atoms with E-state index in [0.717, 1.165) is 18.2 Å². The third-order valence-electron chi connectivity index (χ3n) is 2.95. The van der Waals surface area contributed by atoms with Crippen LogP contribution in [0.5, 0.6) is 5.75 Å². The molecule has 1 aromatic rings. The third kappa shape index (κ3) is 2.97. The van der Waals surface area contributed by atoms with Crippen molar-refractivity contribution in [2.45, 2.75) is 12.8 Å². The molecule has 0 saturated heterocycles. The Hall–Kier alpha value is -0.330. The SMILES string of the molecule is O=[N+]([O-])c1cc(Cl)cc(Br)c1OCC1(CBr)CC1. The quantitative estimate of drug-likeness (QED) is 0.414. The molecule has 2 rings (SSSR count). The average Bonchev–Trinajstić information content (AvgIpc) is 3.07. The van der Waals surface area contributed by atoms with E-state index < -0.39 is 4.92 Å². The summed E-state index contributed by atoms with van der Waals surface area (Å²) in [4.78, 5) is 10.5. The van der Waals surface area contributed by atoms with Gasteiger partial charge < -0.3 is 4.74 Å². The standard InChI is InChI=1S/C11H10Br2ClNO3/c12-5-11(1-2-11)6-18-10-8(13)3-7(14)4-9(10)15(16)17/h3-4H,1-2,5-6H2. The third-order valence-corrected chi connectivity index (χ3v) is 4.95. The summed E-state index contributed by atoms with van der Waals surface area (Å²) in [6, 6.07) is 2.90. The van der Waals surface area contributed by atoms with Gasteiger partial charge in [0, 0.05) is 21.8 Å². The monoisotopic (exact) mass is 397 g/mol. The van der Waals surface area contributed by atoms with Crippen LogP contribution in [0.3, 0.4) is 0 Å². The van der Waals surface area contributed by atoms with E-state index in [9.17, 15) is 10.1 Å². The first-order valence-corrected chi connectivity index (χ1v) is 7.59. The zero-order valence-corrected chi connectivity index (χ0v) is 13.2. The van der Waals surface area contributed by atoms with Gasteiger partial charge in [0.15, 0.2) is 0 Å². The lowest BCUT2D eigenvalue weighted by Crippen LogP contribution is -2.15. The zero-order chi connectivity index (χ0) is 13.3. The topological polar surface area (TPSA) is 52.4 Å². The van der Waals surface area contributed by atoms with E-state index in [4.69, 9.17) is 16.3 Å². The number of nitro groups is 1. The van der Waals surface area contributed by atoms with Gasteiger partial charge in [0.1, 0.15) is 0 Å². The van der Waals surface area contributed by atoms with Crippen LogP contribution in [0.2, 0.25) is 5.02 Å². The van der Waals surface area contributed by atoms with E-state index >= 15 is 0 Å². The summed E-state index contributed by atoms with van der Waals surface area (Å²) in [6.07, 6.45) is 2.16. The molecular formula is C11H10Br2ClNO3. The number of alkyl halides is 1. The van der Waals surface area contributed by atoms with E-state index in [0.29, 0.717) is 16.1 Å². The largest absolute Gasteiger partial charge is 0.485 e. The summed E-state index contributed by atoms with van der Waals surface area (Å²) in [5.74, 6) is 0.247. The number of hydrogen-bond acceptors (Lipinski definition) is 3. The van der Waals surface area contributed by atoms with Crippen molar-refractivity contribution in [2.24, 2.45) is 5.41 Å². The number of halogens is 3. The van der Waals surface area contributed by atoms with Crippen LogP contribution in [-0.2, 0) is 0 Å². The highest BCUT2D eigenvalue weighted by atomic mass is 79.9. The molecule has 0 aromatic heterocycles. The van der Waals surface area contributed by atoms with Gasteiger partial charge in [0.05, 0.1) is 16.0 Å². The molecule has 0 heterocycles. The molecule has 0 atom stereocenters. The molecule has 1 saturated carbocycles. The highest BCUT2D eigenvalue weighted by Gasteiger charge is 2.43. The summed E-state index contributed by atoms with van der Waals surface area (Å²) in [5, 5.41) is 12.1. The van der Waals surface area contributed by atoms with Gasteiger partial charge in [0.25, 0.3) is 0 Å². The van der Waals surface area contributed by atoms with Crippen LogP contribution >= 0.6 is 43.5 Å². The molecule has 0 spiro atoms. The molecular weight excluding hydrogens is 389 g/mol. The maximum atomic E-state index is 11.0. The Balaban J connectivity index is 2.23. The van der Waals surface area contributed by atoms with E-state index in [1.165, 1.54) is 6.07 Å². The smallest absolute Gasteiger partial charge is 0.313 e.